The topological polar surface area (TPSA) is 30.0 Å². The molecule has 1 aromatic heterocycles. The fourth-order valence-corrected chi connectivity index (χ4v) is 1.55. The molecule has 1 aromatic carbocycles. The summed E-state index contributed by atoms with van der Waals surface area (Å²) < 4.78 is 13.3. The molecule has 0 radical (unpaired) electrons. The molecule has 86 valence electrons. The first-order valence-corrected chi connectivity index (χ1v) is 5.38. The zero-order valence-corrected chi connectivity index (χ0v) is 9.83. The van der Waals surface area contributed by atoms with Gasteiger partial charge in [-0.25, -0.2) is 4.39 Å². The van der Waals surface area contributed by atoms with Crippen LogP contribution in [0.4, 0.5) is 4.39 Å². The molecule has 0 saturated carbocycles. The highest BCUT2D eigenvalue weighted by Gasteiger charge is 2.05. The SMILES string of the molecule is CC(=O)c1ccc(-c2ccc(Cl)c(F)c2)nc1. The quantitative estimate of drug-likeness (QED) is 0.759. The number of carbonyl (C=O) groups excluding carboxylic acids is 1. The highest BCUT2D eigenvalue weighted by atomic mass is 35.5. The van der Waals surface area contributed by atoms with Gasteiger partial charge in [-0.15, -0.1) is 0 Å². The fraction of sp³-hybridized carbons (Fsp3) is 0.0769. The van der Waals surface area contributed by atoms with Crippen LogP contribution in [0.5, 0.6) is 0 Å². The monoisotopic (exact) mass is 249 g/mol. The van der Waals surface area contributed by atoms with E-state index >= 15 is 0 Å². The molecule has 1 heterocycles. The van der Waals surface area contributed by atoms with Gasteiger partial charge in [0.15, 0.2) is 5.78 Å². The first kappa shape index (κ1) is 11.7. The van der Waals surface area contributed by atoms with Crippen LogP contribution in [0.15, 0.2) is 36.5 Å². The van der Waals surface area contributed by atoms with Gasteiger partial charge < -0.3 is 0 Å². The van der Waals surface area contributed by atoms with Crippen molar-refractivity contribution in [2.75, 3.05) is 0 Å². The van der Waals surface area contributed by atoms with E-state index in [2.05, 4.69) is 4.98 Å². The fourth-order valence-electron chi connectivity index (χ4n) is 1.43. The predicted molar refractivity (Wildman–Crippen MR) is 64.6 cm³/mol. The highest BCUT2D eigenvalue weighted by molar-refractivity contribution is 6.30. The third-order valence-corrected chi connectivity index (χ3v) is 2.69. The third-order valence-electron chi connectivity index (χ3n) is 2.39. The number of carbonyl (C=O) groups is 1. The summed E-state index contributed by atoms with van der Waals surface area (Å²) in [6.07, 6.45) is 1.48. The molecule has 2 aromatic rings. The number of hydrogen-bond donors (Lipinski definition) is 0. The van der Waals surface area contributed by atoms with Crippen molar-refractivity contribution in [2.24, 2.45) is 0 Å². The summed E-state index contributed by atoms with van der Waals surface area (Å²) in [6, 6.07) is 7.82. The van der Waals surface area contributed by atoms with Gasteiger partial charge in [0.05, 0.1) is 10.7 Å². The molecule has 0 aliphatic rings. The number of Topliss-reactive ketones (excluding diaryl/α,β-unsaturated/α-hetero) is 1. The van der Waals surface area contributed by atoms with Crippen molar-refractivity contribution < 1.29 is 9.18 Å². The normalized spacial score (nSPS) is 10.3. The smallest absolute Gasteiger partial charge is 0.161 e. The average Bonchev–Trinajstić information content (AvgIpc) is 2.33. The van der Waals surface area contributed by atoms with Crippen LogP contribution in [0.3, 0.4) is 0 Å². The van der Waals surface area contributed by atoms with Gasteiger partial charge >= 0.3 is 0 Å². The van der Waals surface area contributed by atoms with E-state index in [1.165, 1.54) is 25.3 Å². The Kier molecular flexibility index (Phi) is 3.20. The number of rotatable bonds is 2. The van der Waals surface area contributed by atoms with Crippen molar-refractivity contribution in [3.05, 3.63) is 52.9 Å². The van der Waals surface area contributed by atoms with Crippen molar-refractivity contribution >= 4 is 17.4 Å². The van der Waals surface area contributed by atoms with Gasteiger partial charge in [0.25, 0.3) is 0 Å². The van der Waals surface area contributed by atoms with E-state index in [4.69, 9.17) is 11.6 Å². The minimum atomic E-state index is -0.485. The summed E-state index contributed by atoms with van der Waals surface area (Å²) in [4.78, 5) is 15.2. The lowest BCUT2D eigenvalue weighted by atomic mass is 10.1. The number of pyridine rings is 1. The van der Waals surface area contributed by atoms with Gasteiger partial charge in [0, 0.05) is 17.3 Å². The van der Waals surface area contributed by atoms with Crippen molar-refractivity contribution in [3.63, 3.8) is 0 Å². The molecule has 0 aliphatic carbocycles. The molecule has 4 heteroatoms. The van der Waals surface area contributed by atoms with Crippen LogP contribution >= 0.6 is 11.6 Å². The Morgan fingerprint density at radius 2 is 2.06 bits per heavy atom. The summed E-state index contributed by atoms with van der Waals surface area (Å²) >= 11 is 5.59. The molecular weight excluding hydrogens is 241 g/mol. The van der Waals surface area contributed by atoms with Crippen LogP contribution in [0.1, 0.15) is 17.3 Å². The molecule has 2 rings (SSSR count). The maximum absolute atomic E-state index is 13.3. The van der Waals surface area contributed by atoms with Crippen molar-refractivity contribution in [3.8, 4) is 11.3 Å². The van der Waals surface area contributed by atoms with Crippen LogP contribution in [-0.2, 0) is 0 Å². The number of benzene rings is 1. The number of halogens is 2. The Hall–Kier alpha value is -1.74. The lowest BCUT2D eigenvalue weighted by molar-refractivity contribution is 0.101. The molecule has 0 aliphatic heterocycles. The van der Waals surface area contributed by atoms with Gasteiger partial charge in [-0.2, -0.15) is 0 Å². The lowest BCUT2D eigenvalue weighted by Gasteiger charge is -2.02. The largest absolute Gasteiger partial charge is 0.294 e. The maximum Gasteiger partial charge on any atom is 0.161 e. The van der Waals surface area contributed by atoms with Gasteiger partial charge in [-0.3, -0.25) is 9.78 Å². The van der Waals surface area contributed by atoms with Crippen LogP contribution < -0.4 is 0 Å². The van der Waals surface area contributed by atoms with E-state index in [0.717, 1.165) is 0 Å². The Bertz CT molecular complexity index is 566. The molecule has 0 bridgehead atoms. The first-order valence-electron chi connectivity index (χ1n) is 5.00. The van der Waals surface area contributed by atoms with Gasteiger partial charge in [0.2, 0.25) is 0 Å². The maximum atomic E-state index is 13.3. The van der Waals surface area contributed by atoms with Crippen molar-refractivity contribution in [1.29, 1.82) is 0 Å². The number of nitrogens with zero attached hydrogens (tertiary/aromatic N) is 1. The van der Waals surface area contributed by atoms with E-state index < -0.39 is 5.82 Å². The van der Waals surface area contributed by atoms with Gasteiger partial charge in [-0.1, -0.05) is 17.7 Å². The predicted octanol–water partition coefficient (Wildman–Crippen LogP) is 3.74. The Morgan fingerprint density at radius 1 is 1.29 bits per heavy atom. The molecule has 0 N–H and O–H groups in total. The molecule has 0 saturated heterocycles. The Labute approximate surface area is 103 Å². The van der Waals surface area contributed by atoms with E-state index in [1.54, 1.807) is 18.2 Å². The van der Waals surface area contributed by atoms with Crippen molar-refractivity contribution in [1.82, 2.24) is 4.98 Å². The zero-order valence-electron chi connectivity index (χ0n) is 9.08. The van der Waals surface area contributed by atoms with Gasteiger partial charge in [0.1, 0.15) is 5.82 Å². The molecule has 17 heavy (non-hydrogen) atoms. The molecule has 0 amide bonds. The van der Waals surface area contributed by atoms with E-state index in [-0.39, 0.29) is 10.8 Å². The van der Waals surface area contributed by atoms with Gasteiger partial charge in [-0.05, 0) is 31.2 Å². The van der Waals surface area contributed by atoms with E-state index in [0.29, 0.717) is 16.8 Å². The number of ketones is 1. The second kappa shape index (κ2) is 4.63. The molecular formula is C13H9ClFNO. The Balaban J connectivity index is 2.39. The highest BCUT2D eigenvalue weighted by Crippen LogP contribution is 2.22. The van der Waals surface area contributed by atoms with E-state index in [9.17, 15) is 9.18 Å². The summed E-state index contributed by atoms with van der Waals surface area (Å²) in [5.41, 5.74) is 1.76. The van der Waals surface area contributed by atoms with Crippen LogP contribution in [0, 0.1) is 5.82 Å². The standard InChI is InChI=1S/C13H9ClFNO/c1-8(17)10-3-5-13(16-7-10)9-2-4-11(14)12(15)6-9/h2-7H,1H3. The Morgan fingerprint density at radius 3 is 2.59 bits per heavy atom. The second-order valence-corrected chi connectivity index (χ2v) is 4.02. The van der Waals surface area contributed by atoms with Crippen LogP contribution in [0.2, 0.25) is 5.02 Å². The summed E-state index contributed by atoms with van der Waals surface area (Å²) in [5.74, 6) is -0.534. The minimum Gasteiger partial charge on any atom is -0.294 e. The summed E-state index contributed by atoms with van der Waals surface area (Å²) in [6.45, 7) is 1.47. The molecule has 0 fully saturated rings. The average molecular weight is 250 g/mol. The van der Waals surface area contributed by atoms with Crippen LogP contribution in [0.25, 0.3) is 11.3 Å². The van der Waals surface area contributed by atoms with Crippen molar-refractivity contribution in [2.45, 2.75) is 6.92 Å². The minimum absolute atomic E-state index is 0.0497. The van der Waals surface area contributed by atoms with Crippen LogP contribution in [-0.4, -0.2) is 10.8 Å². The number of aromatic nitrogens is 1. The molecule has 2 nitrogen and oxygen atoms in total. The first-order chi connectivity index (χ1) is 8.08. The summed E-state index contributed by atoms with van der Waals surface area (Å²) in [5, 5.41) is 0.0779. The molecule has 0 unspecified atom stereocenters. The third kappa shape index (κ3) is 2.50. The zero-order chi connectivity index (χ0) is 12.4. The number of hydrogen-bond acceptors (Lipinski definition) is 2. The molecule has 0 spiro atoms. The second-order valence-electron chi connectivity index (χ2n) is 3.62. The lowest BCUT2D eigenvalue weighted by Crippen LogP contribution is -1.93. The van der Waals surface area contributed by atoms with E-state index in [1.807, 2.05) is 0 Å². The summed E-state index contributed by atoms with van der Waals surface area (Å²) in [7, 11) is 0. The molecule has 0 atom stereocenters.